The van der Waals surface area contributed by atoms with Gasteiger partial charge in [-0.25, -0.2) is 0 Å². The first-order valence-electron chi connectivity index (χ1n) is 7.12. The predicted molar refractivity (Wildman–Crippen MR) is 79.0 cm³/mol. The third-order valence-corrected chi connectivity index (χ3v) is 3.90. The zero-order valence-electron chi connectivity index (χ0n) is 11.3. The van der Waals surface area contributed by atoms with Crippen LogP contribution < -0.4 is 9.47 Å². The summed E-state index contributed by atoms with van der Waals surface area (Å²) in [7, 11) is 0. The smallest absolute Gasteiger partial charge is 0.131 e. The molecule has 2 aromatic rings. The molecule has 0 spiro atoms. The van der Waals surface area contributed by atoms with Crippen LogP contribution in [-0.4, -0.2) is 6.61 Å². The average Bonchev–Trinajstić information content (AvgIpc) is 2.54. The summed E-state index contributed by atoms with van der Waals surface area (Å²) in [5.41, 5.74) is 3.64. The van der Waals surface area contributed by atoms with Gasteiger partial charge in [-0.2, -0.15) is 0 Å². The van der Waals surface area contributed by atoms with Crippen molar-refractivity contribution in [3.8, 4) is 11.5 Å². The molecule has 2 heteroatoms. The molecule has 0 bridgehead atoms. The summed E-state index contributed by atoms with van der Waals surface area (Å²) < 4.78 is 11.8. The SMILES string of the molecule is C1=C(c2ccc3c(c2)OCCC3)Oc2ccccc2C1. The highest BCUT2D eigenvalue weighted by atomic mass is 16.5. The second-order valence-corrected chi connectivity index (χ2v) is 5.26. The van der Waals surface area contributed by atoms with E-state index in [1.165, 1.54) is 11.1 Å². The van der Waals surface area contributed by atoms with Crippen molar-refractivity contribution in [3.05, 3.63) is 65.2 Å². The van der Waals surface area contributed by atoms with E-state index in [4.69, 9.17) is 9.47 Å². The van der Waals surface area contributed by atoms with Crippen LogP contribution in [0.25, 0.3) is 5.76 Å². The second-order valence-electron chi connectivity index (χ2n) is 5.26. The third kappa shape index (κ3) is 1.97. The first-order valence-corrected chi connectivity index (χ1v) is 7.12. The topological polar surface area (TPSA) is 18.5 Å². The largest absolute Gasteiger partial charge is 0.493 e. The summed E-state index contributed by atoms with van der Waals surface area (Å²) in [5, 5.41) is 0. The highest BCUT2D eigenvalue weighted by molar-refractivity contribution is 5.67. The first kappa shape index (κ1) is 11.6. The molecule has 0 radical (unpaired) electrons. The number of fused-ring (bicyclic) bond motifs is 2. The van der Waals surface area contributed by atoms with Crippen molar-refractivity contribution < 1.29 is 9.47 Å². The summed E-state index contributed by atoms with van der Waals surface area (Å²) in [6.07, 6.45) is 5.29. The molecule has 0 fully saturated rings. The fourth-order valence-corrected chi connectivity index (χ4v) is 2.81. The van der Waals surface area contributed by atoms with Crippen LogP contribution in [0.15, 0.2) is 48.5 Å². The highest BCUT2D eigenvalue weighted by Crippen LogP contribution is 2.33. The molecule has 0 saturated carbocycles. The Labute approximate surface area is 118 Å². The Hall–Kier alpha value is -2.22. The lowest BCUT2D eigenvalue weighted by atomic mass is 10.0. The summed E-state index contributed by atoms with van der Waals surface area (Å²) in [4.78, 5) is 0. The van der Waals surface area contributed by atoms with Gasteiger partial charge in [0.15, 0.2) is 0 Å². The van der Waals surface area contributed by atoms with Crippen molar-refractivity contribution in [1.29, 1.82) is 0 Å². The van der Waals surface area contributed by atoms with Crippen LogP contribution in [0.5, 0.6) is 11.5 Å². The minimum absolute atomic E-state index is 0.819. The molecule has 100 valence electrons. The molecular formula is C18H16O2. The highest BCUT2D eigenvalue weighted by Gasteiger charge is 2.16. The van der Waals surface area contributed by atoms with Crippen molar-refractivity contribution in [2.24, 2.45) is 0 Å². The Morgan fingerprint density at radius 2 is 1.85 bits per heavy atom. The van der Waals surface area contributed by atoms with Gasteiger partial charge in [-0.05, 0) is 48.6 Å². The average molecular weight is 264 g/mol. The van der Waals surface area contributed by atoms with Crippen LogP contribution in [0.3, 0.4) is 0 Å². The van der Waals surface area contributed by atoms with Crippen LogP contribution in [-0.2, 0) is 12.8 Å². The molecule has 2 aliphatic rings. The van der Waals surface area contributed by atoms with Gasteiger partial charge in [-0.1, -0.05) is 30.3 Å². The molecule has 4 rings (SSSR count). The zero-order chi connectivity index (χ0) is 13.4. The van der Waals surface area contributed by atoms with Gasteiger partial charge < -0.3 is 9.47 Å². The predicted octanol–water partition coefficient (Wildman–Crippen LogP) is 3.99. The zero-order valence-corrected chi connectivity index (χ0v) is 11.3. The Bertz CT molecular complexity index is 686. The molecule has 0 amide bonds. The van der Waals surface area contributed by atoms with Gasteiger partial charge >= 0.3 is 0 Å². The van der Waals surface area contributed by atoms with E-state index in [9.17, 15) is 0 Å². The Morgan fingerprint density at radius 1 is 0.900 bits per heavy atom. The van der Waals surface area contributed by atoms with Crippen molar-refractivity contribution in [2.45, 2.75) is 19.3 Å². The molecule has 0 aliphatic carbocycles. The fourth-order valence-electron chi connectivity index (χ4n) is 2.81. The molecule has 0 saturated heterocycles. The Morgan fingerprint density at radius 3 is 2.85 bits per heavy atom. The molecule has 2 aliphatic heterocycles. The van der Waals surface area contributed by atoms with Crippen molar-refractivity contribution >= 4 is 5.76 Å². The molecule has 2 aromatic carbocycles. The lowest BCUT2D eigenvalue weighted by Crippen LogP contribution is -2.09. The third-order valence-electron chi connectivity index (χ3n) is 3.90. The molecule has 0 atom stereocenters. The maximum atomic E-state index is 6.01. The van der Waals surface area contributed by atoms with Gasteiger partial charge in [0.25, 0.3) is 0 Å². The number of allylic oxidation sites excluding steroid dienone is 1. The van der Waals surface area contributed by atoms with Gasteiger partial charge in [0.1, 0.15) is 17.3 Å². The Kier molecular flexibility index (Phi) is 2.73. The van der Waals surface area contributed by atoms with Crippen LogP contribution in [0.2, 0.25) is 0 Å². The lowest BCUT2D eigenvalue weighted by molar-refractivity contribution is 0.288. The van der Waals surface area contributed by atoms with Crippen molar-refractivity contribution in [3.63, 3.8) is 0 Å². The van der Waals surface area contributed by atoms with Crippen molar-refractivity contribution in [2.75, 3.05) is 6.61 Å². The molecule has 20 heavy (non-hydrogen) atoms. The summed E-state index contributed by atoms with van der Waals surface area (Å²) in [5.74, 6) is 2.90. The summed E-state index contributed by atoms with van der Waals surface area (Å²) in [6.45, 7) is 0.819. The van der Waals surface area contributed by atoms with E-state index >= 15 is 0 Å². The molecule has 2 heterocycles. The molecule has 2 nitrogen and oxygen atoms in total. The number of benzene rings is 2. The number of para-hydroxylation sites is 1. The summed E-state index contributed by atoms with van der Waals surface area (Å²) >= 11 is 0. The van der Waals surface area contributed by atoms with E-state index in [1.54, 1.807) is 0 Å². The lowest BCUT2D eigenvalue weighted by Gasteiger charge is -2.21. The minimum atomic E-state index is 0.819. The van der Waals surface area contributed by atoms with Gasteiger partial charge in [0.2, 0.25) is 0 Å². The van der Waals surface area contributed by atoms with E-state index in [0.717, 1.165) is 48.7 Å². The fraction of sp³-hybridized carbons (Fsp3) is 0.222. The summed E-state index contributed by atoms with van der Waals surface area (Å²) in [6, 6.07) is 14.6. The van der Waals surface area contributed by atoms with Gasteiger partial charge in [-0.3, -0.25) is 0 Å². The standard InChI is InChI=1S/C18H16O2/c1-2-6-16-13(4-1)9-10-17(20-16)15-8-7-14-5-3-11-19-18(14)12-15/h1-2,4,6-8,10,12H,3,5,9,11H2. The normalized spacial score (nSPS) is 16.3. The van der Waals surface area contributed by atoms with Crippen LogP contribution in [0.4, 0.5) is 0 Å². The van der Waals surface area contributed by atoms with E-state index < -0.39 is 0 Å². The number of ether oxygens (including phenoxy) is 2. The molecule has 0 N–H and O–H groups in total. The number of aryl methyl sites for hydroxylation is 1. The Balaban J connectivity index is 1.67. The van der Waals surface area contributed by atoms with E-state index in [0.29, 0.717) is 0 Å². The quantitative estimate of drug-likeness (QED) is 0.775. The number of hydrogen-bond acceptors (Lipinski definition) is 2. The maximum absolute atomic E-state index is 6.01. The molecule has 0 unspecified atom stereocenters. The number of rotatable bonds is 1. The minimum Gasteiger partial charge on any atom is -0.493 e. The van der Waals surface area contributed by atoms with E-state index in [2.05, 4.69) is 30.3 Å². The van der Waals surface area contributed by atoms with Gasteiger partial charge in [-0.15, -0.1) is 0 Å². The van der Waals surface area contributed by atoms with Crippen molar-refractivity contribution in [1.82, 2.24) is 0 Å². The molecule has 0 aromatic heterocycles. The van der Waals surface area contributed by atoms with Crippen LogP contribution in [0.1, 0.15) is 23.1 Å². The second kappa shape index (κ2) is 4.71. The maximum Gasteiger partial charge on any atom is 0.131 e. The van der Waals surface area contributed by atoms with E-state index in [1.807, 2.05) is 18.2 Å². The number of hydrogen-bond donors (Lipinski definition) is 0. The van der Waals surface area contributed by atoms with Gasteiger partial charge in [0, 0.05) is 5.56 Å². The van der Waals surface area contributed by atoms with E-state index in [-0.39, 0.29) is 0 Å². The van der Waals surface area contributed by atoms with Crippen LogP contribution >= 0.6 is 0 Å². The van der Waals surface area contributed by atoms with Gasteiger partial charge in [0.05, 0.1) is 6.61 Å². The molecular weight excluding hydrogens is 248 g/mol. The monoisotopic (exact) mass is 264 g/mol. The first-order chi connectivity index (χ1) is 9.90. The van der Waals surface area contributed by atoms with Crippen LogP contribution in [0, 0.1) is 0 Å².